The van der Waals surface area contributed by atoms with Crippen LogP contribution in [0.3, 0.4) is 0 Å². The highest BCUT2D eigenvalue weighted by molar-refractivity contribution is 5.79. The molecule has 1 N–H and O–H groups in total. The van der Waals surface area contributed by atoms with Crippen LogP contribution in [0, 0.1) is 11.3 Å². The number of hydrogen-bond donors (Lipinski definition) is 1. The van der Waals surface area contributed by atoms with Crippen LogP contribution in [-0.4, -0.2) is 10.1 Å². The molecular weight excluding hydrogens is 258 g/mol. The molecule has 2 aromatic rings. The number of benzene rings is 1. The summed E-state index contributed by atoms with van der Waals surface area (Å²) in [6.45, 7) is 6.92. The van der Waals surface area contributed by atoms with E-state index < -0.39 is 5.60 Å². The minimum absolute atomic E-state index is 0.340. The van der Waals surface area contributed by atoms with E-state index in [4.69, 9.17) is 0 Å². The van der Waals surface area contributed by atoms with E-state index in [0.717, 1.165) is 42.1 Å². The van der Waals surface area contributed by atoms with E-state index in [-0.39, 0.29) is 0 Å². The van der Waals surface area contributed by atoms with Gasteiger partial charge >= 0.3 is 0 Å². The fraction of sp³-hybridized carbons (Fsp3) is 0.526. The van der Waals surface area contributed by atoms with Crippen LogP contribution in [-0.2, 0) is 5.60 Å². The standard InChI is InChI=1S/C19H25NO/c1-18(2,3)15-8-10-19(21,11-9-15)16-7-6-14-5-4-12-20-17(14)13-16/h4-7,12-13,15,21H,8-11H2,1-3H3. The van der Waals surface area contributed by atoms with Crippen LogP contribution in [0.1, 0.15) is 52.0 Å². The van der Waals surface area contributed by atoms with Crippen molar-refractivity contribution < 1.29 is 5.11 Å². The van der Waals surface area contributed by atoms with Gasteiger partial charge in [-0.05, 0) is 54.7 Å². The molecule has 0 atom stereocenters. The number of nitrogens with zero attached hydrogens (tertiary/aromatic N) is 1. The molecule has 0 radical (unpaired) electrons. The third-order valence-electron chi connectivity index (χ3n) is 5.18. The van der Waals surface area contributed by atoms with E-state index in [0.29, 0.717) is 11.3 Å². The summed E-state index contributed by atoms with van der Waals surface area (Å²) in [5, 5.41) is 12.2. The predicted octanol–water partition coefficient (Wildman–Crippen LogP) is 4.66. The minimum atomic E-state index is -0.673. The van der Waals surface area contributed by atoms with Gasteiger partial charge in [-0.2, -0.15) is 0 Å². The largest absolute Gasteiger partial charge is 0.385 e. The average Bonchev–Trinajstić information content (AvgIpc) is 2.46. The maximum absolute atomic E-state index is 11.1. The molecule has 0 amide bonds. The first kappa shape index (κ1) is 14.5. The number of pyridine rings is 1. The van der Waals surface area contributed by atoms with Crippen LogP contribution in [0.15, 0.2) is 36.5 Å². The highest BCUT2D eigenvalue weighted by Gasteiger charge is 2.38. The fourth-order valence-electron chi connectivity index (χ4n) is 3.61. The van der Waals surface area contributed by atoms with Gasteiger partial charge in [0.15, 0.2) is 0 Å². The number of hydrogen-bond acceptors (Lipinski definition) is 2. The molecule has 0 spiro atoms. The minimum Gasteiger partial charge on any atom is -0.385 e. The zero-order valence-electron chi connectivity index (χ0n) is 13.3. The van der Waals surface area contributed by atoms with Gasteiger partial charge in [0.25, 0.3) is 0 Å². The molecule has 0 saturated heterocycles. The van der Waals surface area contributed by atoms with Gasteiger partial charge in [0, 0.05) is 11.6 Å². The van der Waals surface area contributed by atoms with E-state index in [2.05, 4.69) is 50.0 Å². The molecule has 1 aromatic heterocycles. The molecule has 1 fully saturated rings. The Bertz CT molecular complexity index is 633. The Kier molecular flexibility index (Phi) is 3.53. The van der Waals surface area contributed by atoms with Crippen molar-refractivity contribution >= 4 is 10.9 Å². The van der Waals surface area contributed by atoms with Gasteiger partial charge < -0.3 is 5.11 Å². The highest BCUT2D eigenvalue weighted by atomic mass is 16.3. The maximum Gasteiger partial charge on any atom is 0.0897 e. The lowest BCUT2D eigenvalue weighted by molar-refractivity contribution is -0.0297. The van der Waals surface area contributed by atoms with Crippen LogP contribution in [0.2, 0.25) is 0 Å². The molecule has 112 valence electrons. The van der Waals surface area contributed by atoms with Crippen molar-refractivity contribution in [3.63, 3.8) is 0 Å². The van der Waals surface area contributed by atoms with Crippen molar-refractivity contribution in [2.24, 2.45) is 11.3 Å². The fourth-order valence-corrected chi connectivity index (χ4v) is 3.61. The van der Waals surface area contributed by atoms with E-state index in [9.17, 15) is 5.11 Å². The molecule has 1 aliphatic rings. The topological polar surface area (TPSA) is 33.1 Å². The summed E-state index contributed by atoms with van der Waals surface area (Å²) in [5.41, 5.74) is 1.67. The van der Waals surface area contributed by atoms with Gasteiger partial charge in [-0.25, -0.2) is 0 Å². The zero-order valence-corrected chi connectivity index (χ0v) is 13.3. The molecule has 1 aliphatic carbocycles. The Labute approximate surface area is 127 Å². The Morgan fingerprint density at radius 1 is 1.14 bits per heavy atom. The molecule has 0 aliphatic heterocycles. The maximum atomic E-state index is 11.1. The molecule has 0 unspecified atom stereocenters. The SMILES string of the molecule is CC(C)(C)C1CCC(O)(c2ccc3cccnc3c2)CC1. The summed E-state index contributed by atoms with van der Waals surface area (Å²) < 4.78 is 0. The van der Waals surface area contributed by atoms with Gasteiger partial charge in [0.05, 0.1) is 11.1 Å². The van der Waals surface area contributed by atoms with Crippen LogP contribution in [0.4, 0.5) is 0 Å². The van der Waals surface area contributed by atoms with Crippen LogP contribution in [0.25, 0.3) is 10.9 Å². The number of rotatable bonds is 1. The summed E-state index contributed by atoms with van der Waals surface area (Å²) in [5.74, 6) is 0.705. The Morgan fingerprint density at radius 2 is 1.86 bits per heavy atom. The molecule has 3 rings (SSSR count). The van der Waals surface area contributed by atoms with Crippen molar-refractivity contribution in [3.8, 4) is 0 Å². The lowest BCUT2D eigenvalue weighted by Crippen LogP contribution is -2.35. The van der Waals surface area contributed by atoms with Crippen molar-refractivity contribution in [3.05, 3.63) is 42.1 Å². The van der Waals surface area contributed by atoms with E-state index >= 15 is 0 Å². The number of aliphatic hydroxyl groups is 1. The lowest BCUT2D eigenvalue weighted by atomic mass is 9.67. The molecule has 0 bridgehead atoms. The summed E-state index contributed by atoms with van der Waals surface area (Å²) in [4.78, 5) is 4.41. The van der Waals surface area contributed by atoms with Gasteiger partial charge in [-0.1, -0.05) is 39.0 Å². The van der Waals surface area contributed by atoms with E-state index in [1.54, 1.807) is 0 Å². The molecule has 21 heavy (non-hydrogen) atoms. The molecule has 1 saturated carbocycles. The van der Waals surface area contributed by atoms with E-state index in [1.165, 1.54) is 0 Å². The van der Waals surface area contributed by atoms with Gasteiger partial charge in [-0.15, -0.1) is 0 Å². The highest BCUT2D eigenvalue weighted by Crippen LogP contribution is 2.45. The molecule has 2 heteroatoms. The smallest absolute Gasteiger partial charge is 0.0897 e. The third-order valence-corrected chi connectivity index (χ3v) is 5.18. The van der Waals surface area contributed by atoms with E-state index in [1.807, 2.05) is 12.3 Å². The summed E-state index contributed by atoms with van der Waals surface area (Å²) >= 11 is 0. The third kappa shape index (κ3) is 2.82. The Hall–Kier alpha value is -1.41. The van der Waals surface area contributed by atoms with Crippen molar-refractivity contribution in [1.82, 2.24) is 4.98 Å². The first-order valence-corrected chi connectivity index (χ1v) is 7.96. The van der Waals surface area contributed by atoms with Gasteiger partial charge in [0.1, 0.15) is 0 Å². The Balaban J connectivity index is 1.85. The second-order valence-corrected chi connectivity index (χ2v) is 7.58. The van der Waals surface area contributed by atoms with Crippen molar-refractivity contribution in [1.29, 1.82) is 0 Å². The van der Waals surface area contributed by atoms with Gasteiger partial charge in [0.2, 0.25) is 0 Å². The quantitative estimate of drug-likeness (QED) is 0.825. The second-order valence-electron chi connectivity index (χ2n) is 7.58. The van der Waals surface area contributed by atoms with Crippen molar-refractivity contribution in [2.45, 2.75) is 52.1 Å². The molecular formula is C19H25NO. The summed E-state index contributed by atoms with van der Waals surface area (Å²) in [6, 6.07) is 10.2. The van der Waals surface area contributed by atoms with Gasteiger partial charge in [-0.3, -0.25) is 4.98 Å². The first-order valence-electron chi connectivity index (χ1n) is 7.96. The number of fused-ring (bicyclic) bond motifs is 1. The summed E-state index contributed by atoms with van der Waals surface area (Å²) in [7, 11) is 0. The second kappa shape index (κ2) is 5.10. The van der Waals surface area contributed by atoms with Crippen LogP contribution >= 0.6 is 0 Å². The van der Waals surface area contributed by atoms with Crippen LogP contribution < -0.4 is 0 Å². The number of aromatic nitrogens is 1. The molecule has 2 nitrogen and oxygen atoms in total. The van der Waals surface area contributed by atoms with Crippen molar-refractivity contribution in [2.75, 3.05) is 0 Å². The summed E-state index contributed by atoms with van der Waals surface area (Å²) in [6.07, 6.45) is 5.72. The molecule has 1 heterocycles. The monoisotopic (exact) mass is 283 g/mol. The molecule has 1 aromatic carbocycles. The zero-order chi connectivity index (χ0) is 15.1. The first-order chi connectivity index (χ1) is 9.88. The lowest BCUT2D eigenvalue weighted by Gasteiger charge is -2.41. The van der Waals surface area contributed by atoms with Crippen LogP contribution in [0.5, 0.6) is 0 Å². The predicted molar refractivity (Wildman–Crippen MR) is 87.1 cm³/mol. The average molecular weight is 283 g/mol. The Morgan fingerprint density at radius 3 is 2.52 bits per heavy atom. The normalized spacial score (nSPS) is 27.0.